The Kier molecular flexibility index (Phi) is 4.21. The van der Waals surface area contributed by atoms with Gasteiger partial charge in [0.1, 0.15) is 11.6 Å². The number of hydrogen-bond donors (Lipinski definition) is 1. The Bertz CT molecular complexity index is 454. The van der Waals surface area contributed by atoms with Gasteiger partial charge in [-0.15, -0.1) is 0 Å². The maximum absolute atomic E-state index is 5.48. The summed E-state index contributed by atoms with van der Waals surface area (Å²) in [6.45, 7) is 1.61. The second kappa shape index (κ2) is 5.91. The van der Waals surface area contributed by atoms with Crippen molar-refractivity contribution in [1.82, 2.24) is 9.97 Å². The quantitative estimate of drug-likeness (QED) is 0.827. The summed E-state index contributed by atoms with van der Waals surface area (Å²) >= 11 is 2.39. The summed E-state index contributed by atoms with van der Waals surface area (Å²) in [4.78, 5) is 9.60. The number of halogens is 1. The molecule has 0 spiro atoms. The first-order valence-electron chi connectivity index (χ1n) is 7.12. The largest absolute Gasteiger partial charge is 0.381 e. The van der Waals surface area contributed by atoms with E-state index in [0.29, 0.717) is 11.8 Å². The normalized spacial score (nSPS) is 24.0. The van der Waals surface area contributed by atoms with Gasteiger partial charge in [0.25, 0.3) is 0 Å². The highest BCUT2D eigenvalue weighted by Gasteiger charge is 2.27. The summed E-state index contributed by atoms with van der Waals surface area (Å²) in [7, 11) is 1.94. The van der Waals surface area contributed by atoms with Crippen LogP contribution < -0.4 is 5.32 Å². The Hall–Kier alpha value is -0.430. The average Bonchev–Trinajstić information content (AvgIpc) is 3.12. The Labute approximate surface area is 127 Å². The van der Waals surface area contributed by atoms with E-state index in [1.165, 1.54) is 34.9 Å². The molecule has 1 saturated carbocycles. The number of nitrogens with zero attached hydrogens (tertiary/aromatic N) is 2. The number of nitrogens with one attached hydrogen (secondary N) is 1. The number of hydrogen-bond acceptors (Lipinski definition) is 4. The van der Waals surface area contributed by atoms with Crippen molar-refractivity contribution in [2.45, 2.75) is 43.9 Å². The van der Waals surface area contributed by atoms with Gasteiger partial charge < -0.3 is 10.1 Å². The highest BCUT2D eigenvalue weighted by atomic mass is 127. The van der Waals surface area contributed by atoms with Crippen molar-refractivity contribution in [2.75, 3.05) is 25.6 Å². The van der Waals surface area contributed by atoms with Crippen LogP contribution in [0.15, 0.2) is 0 Å². The first kappa shape index (κ1) is 13.5. The van der Waals surface area contributed by atoms with Crippen molar-refractivity contribution in [1.29, 1.82) is 0 Å². The van der Waals surface area contributed by atoms with Crippen molar-refractivity contribution >= 4 is 28.4 Å². The smallest absolute Gasteiger partial charge is 0.143 e. The topological polar surface area (TPSA) is 47.0 Å². The van der Waals surface area contributed by atoms with E-state index in [-0.39, 0.29) is 0 Å². The van der Waals surface area contributed by atoms with Crippen molar-refractivity contribution in [3.05, 3.63) is 15.1 Å². The van der Waals surface area contributed by atoms with Gasteiger partial charge in [-0.3, -0.25) is 0 Å². The third-order valence-electron chi connectivity index (χ3n) is 4.17. The van der Waals surface area contributed by atoms with Gasteiger partial charge in [-0.25, -0.2) is 9.97 Å². The van der Waals surface area contributed by atoms with Gasteiger partial charge in [0, 0.05) is 25.5 Å². The van der Waals surface area contributed by atoms with Crippen LogP contribution >= 0.6 is 22.6 Å². The minimum atomic E-state index is 0.379. The van der Waals surface area contributed by atoms with Crippen LogP contribution in [0.2, 0.25) is 0 Å². The fourth-order valence-electron chi connectivity index (χ4n) is 3.04. The lowest BCUT2D eigenvalue weighted by molar-refractivity contribution is 0.193. The molecule has 2 aliphatic rings. The molecule has 4 nitrogen and oxygen atoms in total. The number of anilines is 1. The van der Waals surface area contributed by atoms with E-state index in [1.807, 2.05) is 7.05 Å². The highest BCUT2D eigenvalue weighted by Crippen LogP contribution is 2.38. The number of rotatable bonds is 3. The SMILES string of the molecule is CNc1nc(C2CCOC2)nc(C2CCCC2)c1I. The van der Waals surface area contributed by atoms with E-state index >= 15 is 0 Å². The predicted octanol–water partition coefficient (Wildman–Crippen LogP) is 3.28. The van der Waals surface area contributed by atoms with E-state index in [9.17, 15) is 0 Å². The molecular weight excluding hydrogens is 353 g/mol. The third-order valence-corrected chi connectivity index (χ3v) is 5.23. The number of ether oxygens (including phenoxy) is 1. The zero-order valence-corrected chi connectivity index (χ0v) is 13.4. The molecule has 0 amide bonds. The molecule has 19 heavy (non-hydrogen) atoms. The summed E-state index contributed by atoms with van der Waals surface area (Å²) < 4.78 is 6.68. The molecular formula is C14H20IN3O. The second-order valence-corrected chi connectivity index (χ2v) is 6.50. The maximum Gasteiger partial charge on any atom is 0.143 e. The van der Waals surface area contributed by atoms with Crippen LogP contribution in [0.3, 0.4) is 0 Å². The zero-order valence-electron chi connectivity index (χ0n) is 11.3. The molecule has 104 valence electrons. The van der Waals surface area contributed by atoms with E-state index in [2.05, 4.69) is 27.9 Å². The lowest BCUT2D eigenvalue weighted by Gasteiger charge is -2.17. The van der Waals surface area contributed by atoms with Crippen LogP contribution in [-0.4, -0.2) is 30.2 Å². The first-order valence-corrected chi connectivity index (χ1v) is 8.20. The number of aromatic nitrogens is 2. The minimum absolute atomic E-state index is 0.379. The Morgan fingerprint density at radius 2 is 1.95 bits per heavy atom. The molecule has 1 aromatic rings. The summed E-state index contributed by atoms with van der Waals surface area (Å²) in [6.07, 6.45) is 6.27. The maximum atomic E-state index is 5.48. The zero-order chi connectivity index (χ0) is 13.2. The van der Waals surface area contributed by atoms with E-state index in [0.717, 1.165) is 31.3 Å². The Morgan fingerprint density at radius 3 is 2.58 bits per heavy atom. The molecule has 1 saturated heterocycles. The third kappa shape index (κ3) is 2.72. The fraction of sp³-hybridized carbons (Fsp3) is 0.714. The van der Waals surface area contributed by atoms with Gasteiger partial charge in [-0.05, 0) is 41.9 Å². The molecule has 5 heteroatoms. The van der Waals surface area contributed by atoms with Gasteiger partial charge >= 0.3 is 0 Å². The van der Waals surface area contributed by atoms with Gasteiger partial charge in [-0.1, -0.05) is 12.8 Å². The van der Waals surface area contributed by atoms with Gasteiger partial charge in [0.15, 0.2) is 0 Å². The second-order valence-electron chi connectivity index (χ2n) is 5.42. The van der Waals surface area contributed by atoms with Crippen molar-refractivity contribution in [2.24, 2.45) is 0 Å². The molecule has 2 fully saturated rings. The van der Waals surface area contributed by atoms with Crippen molar-refractivity contribution in [3.8, 4) is 0 Å². The summed E-state index contributed by atoms with van der Waals surface area (Å²) in [5, 5.41) is 3.22. The summed E-state index contributed by atoms with van der Waals surface area (Å²) in [6, 6.07) is 0. The van der Waals surface area contributed by atoms with E-state index < -0.39 is 0 Å². The van der Waals surface area contributed by atoms with Crippen molar-refractivity contribution in [3.63, 3.8) is 0 Å². The van der Waals surface area contributed by atoms with Crippen LogP contribution in [0.4, 0.5) is 5.82 Å². The highest BCUT2D eigenvalue weighted by molar-refractivity contribution is 14.1. The van der Waals surface area contributed by atoms with Crippen LogP contribution in [0.25, 0.3) is 0 Å². The molecule has 1 aliphatic carbocycles. The first-order chi connectivity index (χ1) is 9.29. The predicted molar refractivity (Wildman–Crippen MR) is 83.7 cm³/mol. The van der Waals surface area contributed by atoms with Crippen LogP contribution in [0.1, 0.15) is 55.5 Å². The standard InChI is InChI=1S/C14H20IN3O/c1-16-14-11(15)12(9-4-2-3-5-9)17-13(18-14)10-6-7-19-8-10/h9-10H,2-8H2,1H3,(H,16,17,18). The molecule has 1 aromatic heterocycles. The molecule has 1 unspecified atom stereocenters. The monoisotopic (exact) mass is 373 g/mol. The Morgan fingerprint density at radius 1 is 1.16 bits per heavy atom. The molecule has 2 heterocycles. The average molecular weight is 373 g/mol. The molecule has 1 aliphatic heterocycles. The lowest BCUT2D eigenvalue weighted by atomic mass is 10.0. The molecule has 1 atom stereocenters. The van der Waals surface area contributed by atoms with Crippen LogP contribution in [0, 0.1) is 3.57 Å². The summed E-state index contributed by atoms with van der Waals surface area (Å²) in [5.74, 6) is 2.97. The van der Waals surface area contributed by atoms with Gasteiger partial charge in [-0.2, -0.15) is 0 Å². The Balaban J connectivity index is 1.98. The lowest BCUT2D eigenvalue weighted by Crippen LogP contribution is -2.13. The van der Waals surface area contributed by atoms with E-state index in [1.54, 1.807) is 0 Å². The molecule has 1 N–H and O–H groups in total. The van der Waals surface area contributed by atoms with Gasteiger partial charge in [0.2, 0.25) is 0 Å². The fourth-order valence-corrected chi connectivity index (χ4v) is 3.99. The summed E-state index contributed by atoms with van der Waals surface area (Å²) in [5.41, 5.74) is 1.26. The van der Waals surface area contributed by atoms with Gasteiger partial charge in [0.05, 0.1) is 15.9 Å². The van der Waals surface area contributed by atoms with Crippen LogP contribution in [-0.2, 0) is 4.74 Å². The minimum Gasteiger partial charge on any atom is -0.381 e. The molecule has 0 aromatic carbocycles. The molecule has 0 radical (unpaired) electrons. The van der Waals surface area contributed by atoms with Crippen molar-refractivity contribution < 1.29 is 4.74 Å². The molecule has 3 rings (SSSR count). The van der Waals surface area contributed by atoms with Crippen LogP contribution in [0.5, 0.6) is 0 Å². The molecule has 0 bridgehead atoms. The van der Waals surface area contributed by atoms with E-state index in [4.69, 9.17) is 14.7 Å².